The molecule has 1 unspecified atom stereocenters. The fourth-order valence-corrected chi connectivity index (χ4v) is 2.59. The molecule has 1 aliphatic rings. The first-order valence-electron chi connectivity index (χ1n) is 6.94. The first kappa shape index (κ1) is 15.8. The van der Waals surface area contributed by atoms with Crippen molar-refractivity contribution in [3.05, 3.63) is 0 Å². The summed E-state index contributed by atoms with van der Waals surface area (Å²) in [6.45, 7) is 10.3. The zero-order chi connectivity index (χ0) is 14.8. The minimum Gasteiger partial charge on any atom is -0.480 e. The highest BCUT2D eigenvalue weighted by Crippen LogP contribution is 2.25. The monoisotopic (exact) mass is 270 g/mol. The first-order valence-corrected chi connectivity index (χ1v) is 6.94. The molecule has 110 valence electrons. The van der Waals surface area contributed by atoms with Gasteiger partial charge in [0.2, 0.25) is 0 Å². The molecule has 0 bridgehead atoms. The number of urea groups is 1. The average Bonchev–Trinajstić information content (AvgIpc) is 2.72. The van der Waals surface area contributed by atoms with Gasteiger partial charge in [-0.3, -0.25) is 0 Å². The molecule has 0 aromatic heterocycles. The molecule has 1 heterocycles. The maximum Gasteiger partial charge on any atom is 0.326 e. The van der Waals surface area contributed by atoms with Crippen molar-refractivity contribution in [1.82, 2.24) is 10.2 Å². The average molecular weight is 270 g/mol. The lowest BCUT2D eigenvalue weighted by Gasteiger charge is -2.33. The van der Waals surface area contributed by atoms with Crippen LogP contribution in [0.5, 0.6) is 0 Å². The van der Waals surface area contributed by atoms with E-state index in [1.54, 1.807) is 4.90 Å². The van der Waals surface area contributed by atoms with E-state index in [0.29, 0.717) is 12.5 Å². The summed E-state index contributed by atoms with van der Waals surface area (Å²) in [5.74, 6) is -0.590. The number of amides is 2. The fraction of sp³-hybridized carbons (Fsp3) is 0.857. The summed E-state index contributed by atoms with van der Waals surface area (Å²) in [5.41, 5.74) is -0.505. The zero-order valence-electron chi connectivity index (χ0n) is 12.6. The Bertz CT molecular complexity index is 347. The van der Waals surface area contributed by atoms with Crippen molar-refractivity contribution in [3.63, 3.8) is 0 Å². The number of carboxylic acids is 1. The van der Waals surface area contributed by atoms with Crippen molar-refractivity contribution in [3.8, 4) is 0 Å². The van der Waals surface area contributed by atoms with Crippen molar-refractivity contribution in [1.29, 1.82) is 0 Å². The number of likely N-dealkylation sites (tertiary alicyclic amines) is 1. The van der Waals surface area contributed by atoms with Gasteiger partial charge in [0.25, 0.3) is 0 Å². The molecule has 5 nitrogen and oxygen atoms in total. The highest BCUT2D eigenvalue weighted by molar-refractivity contribution is 5.83. The number of carboxylic acid groups (broad SMARTS) is 1. The van der Waals surface area contributed by atoms with E-state index in [-0.39, 0.29) is 12.1 Å². The highest BCUT2D eigenvalue weighted by atomic mass is 16.4. The van der Waals surface area contributed by atoms with Crippen LogP contribution in [-0.4, -0.2) is 40.6 Å². The number of nitrogens with zero attached hydrogens (tertiary/aromatic N) is 1. The Morgan fingerprint density at radius 2 is 1.89 bits per heavy atom. The van der Waals surface area contributed by atoms with Crippen LogP contribution in [-0.2, 0) is 4.79 Å². The number of carbonyl (C=O) groups is 2. The SMILES string of the molecule is CC(C)C1CCCN1C(=O)N[C@H](C(=O)O)C(C)(C)C. The summed E-state index contributed by atoms with van der Waals surface area (Å²) in [5, 5.41) is 11.9. The topological polar surface area (TPSA) is 69.6 Å². The molecule has 0 aromatic carbocycles. The van der Waals surface area contributed by atoms with Gasteiger partial charge in [0.1, 0.15) is 6.04 Å². The largest absolute Gasteiger partial charge is 0.480 e. The Kier molecular flexibility index (Phi) is 4.82. The van der Waals surface area contributed by atoms with E-state index in [1.807, 2.05) is 20.8 Å². The molecule has 0 spiro atoms. The van der Waals surface area contributed by atoms with Gasteiger partial charge in [0.15, 0.2) is 0 Å². The number of hydrogen-bond donors (Lipinski definition) is 2. The van der Waals surface area contributed by atoms with Crippen LogP contribution in [0.2, 0.25) is 0 Å². The smallest absolute Gasteiger partial charge is 0.326 e. The van der Waals surface area contributed by atoms with Crippen LogP contribution in [0.4, 0.5) is 4.79 Å². The molecule has 2 N–H and O–H groups in total. The summed E-state index contributed by atoms with van der Waals surface area (Å²) in [4.78, 5) is 25.3. The molecule has 0 radical (unpaired) electrons. The standard InChI is InChI=1S/C14H26N2O3/c1-9(2)10-7-6-8-16(10)13(19)15-11(12(17)18)14(3,4)5/h9-11H,6-8H2,1-5H3,(H,15,19)(H,17,18)/t10?,11-/m1/s1. The lowest BCUT2D eigenvalue weighted by atomic mass is 9.87. The Morgan fingerprint density at radius 3 is 2.32 bits per heavy atom. The minimum atomic E-state index is -0.985. The number of hydrogen-bond acceptors (Lipinski definition) is 2. The summed E-state index contributed by atoms with van der Waals surface area (Å²) in [6.07, 6.45) is 1.99. The molecule has 2 amide bonds. The van der Waals surface area contributed by atoms with Gasteiger partial charge in [0.05, 0.1) is 0 Å². The van der Waals surface area contributed by atoms with Crippen LogP contribution in [0.25, 0.3) is 0 Å². The highest BCUT2D eigenvalue weighted by Gasteiger charge is 2.37. The van der Waals surface area contributed by atoms with Crippen molar-refractivity contribution >= 4 is 12.0 Å². The third-order valence-electron chi connectivity index (χ3n) is 3.71. The van der Waals surface area contributed by atoms with E-state index in [4.69, 9.17) is 0 Å². The van der Waals surface area contributed by atoms with Crippen molar-refractivity contribution < 1.29 is 14.7 Å². The second-order valence-electron chi connectivity index (χ2n) is 6.73. The third-order valence-corrected chi connectivity index (χ3v) is 3.71. The first-order chi connectivity index (χ1) is 8.64. The molecule has 0 saturated carbocycles. The van der Waals surface area contributed by atoms with Gasteiger partial charge in [-0.15, -0.1) is 0 Å². The Hall–Kier alpha value is -1.26. The molecule has 1 saturated heterocycles. The van der Waals surface area contributed by atoms with Crippen LogP contribution < -0.4 is 5.32 Å². The van der Waals surface area contributed by atoms with Gasteiger partial charge in [0, 0.05) is 12.6 Å². The van der Waals surface area contributed by atoms with Crippen LogP contribution in [0.3, 0.4) is 0 Å². The summed E-state index contributed by atoms with van der Waals surface area (Å²) in [6, 6.07) is -0.902. The van der Waals surface area contributed by atoms with Crippen LogP contribution >= 0.6 is 0 Å². The zero-order valence-corrected chi connectivity index (χ0v) is 12.6. The van der Waals surface area contributed by atoms with Gasteiger partial charge in [-0.2, -0.15) is 0 Å². The normalized spacial score (nSPS) is 21.6. The summed E-state index contributed by atoms with van der Waals surface area (Å²) >= 11 is 0. The van der Waals surface area contributed by atoms with Crippen LogP contribution in [0.1, 0.15) is 47.5 Å². The molecule has 0 aliphatic carbocycles. The van der Waals surface area contributed by atoms with E-state index >= 15 is 0 Å². The van der Waals surface area contributed by atoms with Gasteiger partial charge in [-0.05, 0) is 24.2 Å². The molecule has 5 heteroatoms. The number of carbonyl (C=O) groups excluding carboxylic acids is 1. The quantitative estimate of drug-likeness (QED) is 0.827. The van der Waals surface area contributed by atoms with Gasteiger partial charge < -0.3 is 15.3 Å². The van der Waals surface area contributed by atoms with Gasteiger partial charge in [-0.1, -0.05) is 34.6 Å². The Morgan fingerprint density at radius 1 is 1.32 bits per heavy atom. The predicted octanol–water partition coefficient (Wildman–Crippen LogP) is 2.32. The molecule has 1 aliphatic heterocycles. The van der Waals surface area contributed by atoms with Crippen molar-refractivity contribution in [2.75, 3.05) is 6.54 Å². The molecule has 1 fully saturated rings. The minimum absolute atomic E-state index is 0.217. The van der Waals surface area contributed by atoms with E-state index in [0.717, 1.165) is 12.8 Å². The van der Waals surface area contributed by atoms with Gasteiger partial charge >= 0.3 is 12.0 Å². The fourth-order valence-electron chi connectivity index (χ4n) is 2.59. The van der Waals surface area contributed by atoms with E-state index in [2.05, 4.69) is 19.2 Å². The van der Waals surface area contributed by atoms with Crippen LogP contribution in [0, 0.1) is 11.3 Å². The van der Waals surface area contributed by atoms with E-state index in [9.17, 15) is 14.7 Å². The van der Waals surface area contributed by atoms with Crippen molar-refractivity contribution in [2.45, 2.75) is 59.5 Å². The second kappa shape index (κ2) is 5.80. The molecular weight excluding hydrogens is 244 g/mol. The Balaban J connectivity index is 2.75. The molecule has 19 heavy (non-hydrogen) atoms. The lowest BCUT2D eigenvalue weighted by molar-refractivity contribution is -0.142. The molecule has 2 atom stereocenters. The second-order valence-corrected chi connectivity index (χ2v) is 6.73. The number of aliphatic carboxylic acids is 1. The van der Waals surface area contributed by atoms with Crippen molar-refractivity contribution in [2.24, 2.45) is 11.3 Å². The van der Waals surface area contributed by atoms with Gasteiger partial charge in [-0.25, -0.2) is 9.59 Å². The maximum atomic E-state index is 12.3. The predicted molar refractivity (Wildman–Crippen MR) is 74.0 cm³/mol. The number of nitrogens with one attached hydrogen (secondary N) is 1. The van der Waals surface area contributed by atoms with Crippen LogP contribution in [0.15, 0.2) is 0 Å². The van der Waals surface area contributed by atoms with E-state index in [1.165, 1.54) is 0 Å². The Labute approximate surface area is 115 Å². The maximum absolute atomic E-state index is 12.3. The third kappa shape index (κ3) is 3.85. The number of rotatable bonds is 3. The molecule has 1 rings (SSSR count). The van der Waals surface area contributed by atoms with E-state index < -0.39 is 17.4 Å². The summed E-state index contributed by atoms with van der Waals surface area (Å²) in [7, 11) is 0. The summed E-state index contributed by atoms with van der Waals surface area (Å²) < 4.78 is 0. The lowest BCUT2D eigenvalue weighted by Crippen LogP contribution is -2.54. The molecular formula is C14H26N2O3. The molecule has 0 aromatic rings.